The van der Waals surface area contributed by atoms with Gasteiger partial charge in [-0.1, -0.05) is 23.7 Å². The fourth-order valence-corrected chi connectivity index (χ4v) is 4.61. The Balaban J connectivity index is 1.39. The molecule has 0 bridgehead atoms. The Kier molecular flexibility index (Phi) is 4.85. The Morgan fingerprint density at radius 1 is 1.06 bits per heavy atom. The molecule has 3 aromatic rings. The molecule has 0 aliphatic carbocycles. The fourth-order valence-electron chi connectivity index (χ4n) is 4.45. The van der Waals surface area contributed by atoms with E-state index in [0.717, 1.165) is 17.4 Å². The summed E-state index contributed by atoms with van der Waals surface area (Å²) in [6, 6.07) is 14.8. The summed E-state index contributed by atoms with van der Waals surface area (Å²) in [4.78, 5) is 14.6. The van der Waals surface area contributed by atoms with Crippen molar-refractivity contribution in [2.45, 2.75) is 24.8 Å². The molecule has 5 nitrogen and oxygen atoms in total. The van der Waals surface area contributed by atoms with Gasteiger partial charge in [0.15, 0.2) is 5.60 Å². The molecule has 1 saturated heterocycles. The maximum atomic E-state index is 13.0. The van der Waals surface area contributed by atoms with Gasteiger partial charge in [-0.15, -0.1) is 13.2 Å². The van der Waals surface area contributed by atoms with Gasteiger partial charge in [-0.05, 0) is 36.4 Å². The monoisotopic (exact) mass is 462 g/mol. The van der Waals surface area contributed by atoms with Gasteiger partial charge in [0.25, 0.3) is 5.91 Å². The number of likely N-dealkylation sites (tertiary alicyclic amines) is 1. The molecule has 1 amide bonds. The smallest absolute Gasteiger partial charge is 0.479 e. The first-order valence-corrected chi connectivity index (χ1v) is 10.4. The minimum absolute atomic E-state index is 0.120. The summed E-state index contributed by atoms with van der Waals surface area (Å²) in [6.45, 7) is 0.639. The van der Waals surface area contributed by atoms with Crippen LogP contribution in [0.15, 0.2) is 60.8 Å². The van der Waals surface area contributed by atoms with E-state index in [4.69, 9.17) is 16.3 Å². The van der Waals surface area contributed by atoms with Gasteiger partial charge in [0.05, 0.1) is 16.9 Å². The zero-order chi connectivity index (χ0) is 22.5. The number of amides is 1. The van der Waals surface area contributed by atoms with Gasteiger partial charge >= 0.3 is 6.36 Å². The normalized spacial score (nSPS) is 16.8. The molecule has 2 aromatic carbocycles. The number of nitrogens with zero attached hydrogens (tertiary/aromatic N) is 2. The molecule has 0 atom stereocenters. The van der Waals surface area contributed by atoms with Gasteiger partial charge in [0, 0.05) is 43.2 Å². The highest BCUT2D eigenvalue weighted by Crippen LogP contribution is 2.46. The Bertz CT molecular complexity index is 1180. The third-order valence-electron chi connectivity index (χ3n) is 5.90. The number of para-hydroxylation sites is 1. The van der Waals surface area contributed by atoms with Crippen LogP contribution in [0.25, 0.3) is 5.69 Å². The van der Waals surface area contributed by atoms with E-state index >= 15 is 0 Å². The highest BCUT2D eigenvalue weighted by Gasteiger charge is 2.45. The molecular formula is C23H18ClF3N2O3. The number of aromatic nitrogens is 1. The summed E-state index contributed by atoms with van der Waals surface area (Å²) >= 11 is 6.16. The largest absolute Gasteiger partial charge is 0.573 e. The van der Waals surface area contributed by atoms with E-state index in [1.165, 1.54) is 23.1 Å². The number of piperidine rings is 1. The summed E-state index contributed by atoms with van der Waals surface area (Å²) < 4.78 is 50.8. The molecule has 32 heavy (non-hydrogen) atoms. The van der Waals surface area contributed by atoms with Gasteiger partial charge in [-0.3, -0.25) is 4.79 Å². The quantitative estimate of drug-likeness (QED) is 0.501. The van der Waals surface area contributed by atoms with Crippen molar-refractivity contribution in [3.8, 4) is 17.2 Å². The Hall–Kier alpha value is -3.13. The molecule has 166 valence electrons. The SMILES string of the molecule is O=C(c1ccccc1OC(F)(F)F)N1CCC2(CC1)Oc1cc(Cl)ccc1-n1cccc12. The van der Waals surface area contributed by atoms with Crippen LogP contribution < -0.4 is 9.47 Å². The van der Waals surface area contributed by atoms with Gasteiger partial charge in [0.2, 0.25) is 0 Å². The molecule has 3 heterocycles. The Labute approximate surface area is 186 Å². The van der Waals surface area contributed by atoms with Crippen molar-refractivity contribution in [3.63, 3.8) is 0 Å². The van der Waals surface area contributed by atoms with E-state index < -0.39 is 23.6 Å². The van der Waals surface area contributed by atoms with Gasteiger partial charge in [-0.25, -0.2) is 0 Å². The number of hydrogen-bond donors (Lipinski definition) is 0. The molecule has 5 rings (SSSR count). The molecule has 0 unspecified atom stereocenters. The van der Waals surface area contributed by atoms with Crippen molar-refractivity contribution in [2.24, 2.45) is 0 Å². The number of hydrogen-bond acceptors (Lipinski definition) is 3. The molecule has 0 saturated carbocycles. The maximum absolute atomic E-state index is 13.0. The van der Waals surface area contributed by atoms with Crippen LogP contribution in [0.3, 0.4) is 0 Å². The lowest BCUT2D eigenvalue weighted by Gasteiger charge is -2.45. The number of carbonyl (C=O) groups is 1. The first-order valence-electron chi connectivity index (χ1n) is 10.1. The second-order valence-corrected chi connectivity index (χ2v) is 8.24. The third kappa shape index (κ3) is 3.58. The van der Waals surface area contributed by atoms with Crippen LogP contribution >= 0.6 is 11.6 Å². The van der Waals surface area contributed by atoms with Crippen LogP contribution in [0.4, 0.5) is 13.2 Å². The number of rotatable bonds is 2. The first kappa shape index (κ1) is 20.8. The lowest BCUT2D eigenvalue weighted by molar-refractivity contribution is -0.274. The predicted octanol–water partition coefficient (Wildman–Crippen LogP) is 5.55. The topological polar surface area (TPSA) is 43.7 Å². The molecule has 2 aliphatic rings. The van der Waals surface area contributed by atoms with E-state index in [2.05, 4.69) is 9.30 Å². The second kappa shape index (κ2) is 7.48. The van der Waals surface area contributed by atoms with Crippen LogP contribution in [0.1, 0.15) is 28.9 Å². The average Bonchev–Trinajstić information content (AvgIpc) is 3.24. The minimum atomic E-state index is -4.88. The molecule has 1 fully saturated rings. The highest BCUT2D eigenvalue weighted by molar-refractivity contribution is 6.30. The standard InChI is InChI=1S/C23H18ClF3N2O3/c24-15-7-8-17-19(14-15)31-22(20-6-3-11-29(17)20)9-12-28(13-10-22)21(30)16-4-1-2-5-18(16)32-23(25,26)27/h1-8,11,14H,9-10,12-13H2. The van der Waals surface area contributed by atoms with Crippen LogP contribution in [0.2, 0.25) is 5.02 Å². The van der Waals surface area contributed by atoms with Crippen LogP contribution in [0.5, 0.6) is 11.5 Å². The average molecular weight is 463 g/mol. The van der Waals surface area contributed by atoms with E-state index in [0.29, 0.717) is 36.7 Å². The van der Waals surface area contributed by atoms with Crippen molar-refractivity contribution < 1.29 is 27.4 Å². The van der Waals surface area contributed by atoms with Crippen LogP contribution in [0, 0.1) is 0 Å². The van der Waals surface area contributed by atoms with E-state index in [1.54, 1.807) is 12.1 Å². The zero-order valence-electron chi connectivity index (χ0n) is 16.7. The number of carbonyl (C=O) groups excluding carboxylic acids is 1. The fraction of sp³-hybridized carbons (Fsp3) is 0.261. The molecular weight excluding hydrogens is 445 g/mol. The van der Waals surface area contributed by atoms with Gasteiger partial charge in [-0.2, -0.15) is 0 Å². The van der Waals surface area contributed by atoms with E-state index in [-0.39, 0.29) is 5.56 Å². The molecule has 2 aliphatic heterocycles. The molecule has 1 spiro atoms. The van der Waals surface area contributed by atoms with Crippen molar-refractivity contribution in [1.82, 2.24) is 9.47 Å². The van der Waals surface area contributed by atoms with E-state index in [9.17, 15) is 18.0 Å². The highest BCUT2D eigenvalue weighted by atomic mass is 35.5. The summed E-state index contributed by atoms with van der Waals surface area (Å²) in [7, 11) is 0. The molecule has 9 heteroatoms. The molecule has 1 aromatic heterocycles. The zero-order valence-corrected chi connectivity index (χ0v) is 17.5. The Morgan fingerprint density at radius 2 is 1.81 bits per heavy atom. The lowest BCUT2D eigenvalue weighted by Crippen LogP contribution is -2.50. The summed E-state index contributed by atoms with van der Waals surface area (Å²) in [5.41, 5.74) is 1.09. The summed E-state index contributed by atoms with van der Waals surface area (Å²) in [5.74, 6) is -0.351. The molecule has 0 radical (unpaired) electrons. The van der Waals surface area contributed by atoms with Crippen molar-refractivity contribution in [1.29, 1.82) is 0 Å². The number of alkyl halides is 3. The summed E-state index contributed by atoms with van der Waals surface area (Å²) in [6.07, 6.45) is -1.96. The van der Waals surface area contributed by atoms with Crippen molar-refractivity contribution in [3.05, 3.63) is 77.1 Å². The summed E-state index contributed by atoms with van der Waals surface area (Å²) in [5, 5.41) is 0.559. The number of benzene rings is 2. The van der Waals surface area contributed by atoms with Gasteiger partial charge in [0.1, 0.15) is 11.5 Å². The third-order valence-corrected chi connectivity index (χ3v) is 6.14. The first-order chi connectivity index (χ1) is 15.3. The van der Waals surface area contributed by atoms with Crippen LogP contribution in [-0.4, -0.2) is 34.8 Å². The number of halogens is 4. The predicted molar refractivity (Wildman–Crippen MR) is 111 cm³/mol. The number of ether oxygens (including phenoxy) is 2. The lowest BCUT2D eigenvalue weighted by atomic mass is 9.86. The second-order valence-electron chi connectivity index (χ2n) is 7.81. The van der Waals surface area contributed by atoms with Crippen molar-refractivity contribution >= 4 is 17.5 Å². The Morgan fingerprint density at radius 3 is 2.56 bits per heavy atom. The van der Waals surface area contributed by atoms with E-state index in [1.807, 2.05) is 24.4 Å². The van der Waals surface area contributed by atoms with Crippen molar-refractivity contribution in [2.75, 3.05) is 13.1 Å². The number of fused-ring (bicyclic) bond motifs is 4. The molecule has 0 N–H and O–H groups in total. The maximum Gasteiger partial charge on any atom is 0.573 e. The van der Waals surface area contributed by atoms with Gasteiger partial charge < -0.3 is 18.9 Å². The minimum Gasteiger partial charge on any atom is -0.479 e. The van der Waals surface area contributed by atoms with Crippen LogP contribution in [-0.2, 0) is 5.60 Å².